The summed E-state index contributed by atoms with van der Waals surface area (Å²) in [5.74, 6) is 0. The number of hydrogen-bond acceptors (Lipinski definition) is 2. The number of aliphatic hydroxyl groups is 1. The van der Waals surface area contributed by atoms with Crippen LogP contribution in [-0.4, -0.2) is 30.6 Å². The monoisotopic (exact) mass is 268 g/mol. The fraction of sp³-hybridized carbons (Fsp3) is 0.455. The van der Waals surface area contributed by atoms with Crippen LogP contribution in [0.3, 0.4) is 0 Å². The molecule has 0 heterocycles. The largest absolute Gasteiger partial charge is 0.388 e. The second-order valence-corrected chi connectivity index (χ2v) is 3.52. The van der Waals surface area contributed by atoms with E-state index in [2.05, 4.69) is 4.90 Å². The quantitative estimate of drug-likeness (QED) is 0.898. The van der Waals surface area contributed by atoms with Gasteiger partial charge in [0.2, 0.25) is 0 Å². The summed E-state index contributed by atoms with van der Waals surface area (Å²) in [6.45, 7) is 0.913. The van der Waals surface area contributed by atoms with E-state index in [1.807, 2.05) is 44.4 Å². The summed E-state index contributed by atoms with van der Waals surface area (Å²) in [6.07, 6.45) is 0.459. The van der Waals surface area contributed by atoms with Gasteiger partial charge in [-0.2, -0.15) is 0 Å². The molecule has 1 rings (SSSR count). The molecule has 0 unspecified atom stereocenters. The van der Waals surface area contributed by atoms with Gasteiger partial charge >= 0.3 is 0 Å². The average Bonchev–Trinajstić information content (AvgIpc) is 2.15. The van der Waals surface area contributed by atoms with E-state index in [4.69, 9.17) is 0 Å². The fourth-order valence-corrected chi connectivity index (χ4v) is 1.22. The molecule has 1 aromatic carbocycles. The summed E-state index contributed by atoms with van der Waals surface area (Å²) in [5.41, 5.74) is 1.00. The number of nitrogens with zero attached hydrogens (tertiary/aromatic N) is 1. The minimum absolute atomic E-state index is 0. The van der Waals surface area contributed by atoms with Crippen molar-refractivity contribution in [2.75, 3.05) is 20.6 Å². The molecule has 1 aromatic rings. The molecule has 2 nitrogen and oxygen atoms in total. The van der Waals surface area contributed by atoms with Crippen molar-refractivity contribution in [2.45, 2.75) is 12.5 Å². The van der Waals surface area contributed by atoms with Crippen LogP contribution in [0, 0.1) is 0 Å². The van der Waals surface area contributed by atoms with E-state index >= 15 is 0 Å². The first kappa shape index (κ1) is 14.2. The Balaban J connectivity index is 0.00000169. The third kappa shape index (κ3) is 5.21. The van der Waals surface area contributed by atoms with E-state index < -0.39 is 0 Å². The Morgan fingerprint density at radius 1 is 1.21 bits per heavy atom. The molecular weight excluding hydrogens is 251 g/mol. The van der Waals surface area contributed by atoms with Crippen molar-refractivity contribution in [1.29, 1.82) is 0 Å². The number of rotatable bonds is 4. The molecule has 1 N–H and O–H groups in total. The first-order chi connectivity index (χ1) is 6.20. The van der Waals surface area contributed by atoms with Gasteiger partial charge in [-0.25, -0.2) is 0 Å². The minimum atomic E-state index is -0.330. The van der Waals surface area contributed by atoms with E-state index in [0.717, 1.165) is 18.5 Å². The Bertz CT molecular complexity index is 238. The third-order valence-electron chi connectivity index (χ3n) is 2.03. The van der Waals surface area contributed by atoms with Crippen molar-refractivity contribution in [3.63, 3.8) is 0 Å². The molecule has 0 saturated carbocycles. The average molecular weight is 268 g/mol. The van der Waals surface area contributed by atoms with Crippen molar-refractivity contribution >= 4 is 0 Å². The van der Waals surface area contributed by atoms with Crippen molar-refractivity contribution in [3.05, 3.63) is 35.9 Å². The predicted molar refractivity (Wildman–Crippen MR) is 54.6 cm³/mol. The van der Waals surface area contributed by atoms with Gasteiger partial charge in [-0.15, -0.1) is 0 Å². The first-order valence-electron chi connectivity index (χ1n) is 4.58. The van der Waals surface area contributed by atoms with Crippen LogP contribution in [0.15, 0.2) is 30.3 Å². The van der Waals surface area contributed by atoms with Gasteiger partial charge in [0.1, 0.15) is 0 Å². The summed E-state index contributed by atoms with van der Waals surface area (Å²) >= 11 is 0. The van der Waals surface area contributed by atoms with Crippen LogP contribution in [0.4, 0.5) is 0 Å². The van der Waals surface area contributed by atoms with Crippen LogP contribution in [-0.2, 0) is 32.7 Å². The molecule has 0 fully saturated rings. The van der Waals surface area contributed by atoms with Crippen LogP contribution in [0.25, 0.3) is 0 Å². The number of aliphatic hydroxyl groups excluding tert-OH is 1. The van der Waals surface area contributed by atoms with Crippen molar-refractivity contribution < 1.29 is 37.8 Å². The maximum Gasteiger partial charge on any atom is 0.0802 e. The van der Waals surface area contributed by atoms with Crippen LogP contribution in [0.2, 0.25) is 0 Å². The molecule has 0 saturated heterocycles. The van der Waals surface area contributed by atoms with Gasteiger partial charge in [0.05, 0.1) is 6.10 Å². The zero-order valence-corrected chi connectivity index (χ0v) is 11.7. The number of hydrogen-bond donors (Lipinski definition) is 1. The maximum atomic E-state index is 9.74. The van der Waals surface area contributed by atoms with Gasteiger partial charge < -0.3 is 10.0 Å². The second kappa shape index (κ2) is 7.52. The van der Waals surface area contributed by atoms with Gasteiger partial charge in [0.15, 0.2) is 0 Å². The molecule has 0 aliphatic carbocycles. The Kier molecular flexibility index (Phi) is 7.66. The molecule has 0 bridgehead atoms. The van der Waals surface area contributed by atoms with Gasteiger partial charge in [0.25, 0.3) is 0 Å². The van der Waals surface area contributed by atoms with Gasteiger partial charge in [-0.3, -0.25) is 0 Å². The van der Waals surface area contributed by atoms with E-state index in [0.29, 0.717) is 0 Å². The Morgan fingerprint density at radius 2 is 1.79 bits per heavy atom. The predicted octanol–water partition coefficient (Wildman–Crippen LogP) is 1.67. The first-order valence-corrected chi connectivity index (χ1v) is 4.58. The van der Waals surface area contributed by atoms with Crippen LogP contribution in [0.1, 0.15) is 18.1 Å². The Hall–Kier alpha value is 0.244. The Morgan fingerprint density at radius 3 is 2.29 bits per heavy atom. The van der Waals surface area contributed by atoms with Crippen molar-refractivity contribution in [1.82, 2.24) is 4.90 Å². The molecule has 0 amide bonds. The molecular formula is C11H17NOY. The molecule has 75 valence electrons. The summed E-state index contributed by atoms with van der Waals surface area (Å²) in [4.78, 5) is 2.08. The van der Waals surface area contributed by atoms with Crippen LogP contribution < -0.4 is 0 Å². The molecule has 3 heteroatoms. The molecule has 1 atom stereocenters. The van der Waals surface area contributed by atoms with Crippen LogP contribution in [0.5, 0.6) is 0 Å². The van der Waals surface area contributed by atoms with Gasteiger partial charge in [-0.05, 0) is 26.1 Å². The summed E-state index contributed by atoms with van der Waals surface area (Å²) in [7, 11) is 4.02. The zero-order chi connectivity index (χ0) is 9.68. The van der Waals surface area contributed by atoms with Crippen LogP contribution >= 0.6 is 0 Å². The van der Waals surface area contributed by atoms with Gasteiger partial charge in [-0.1, -0.05) is 30.3 Å². The molecule has 0 aliphatic heterocycles. The van der Waals surface area contributed by atoms with Gasteiger partial charge in [0, 0.05) is 39.3 Å². The fourth-order valence-electron chi connectivity index (χ4n) is 1.22. The van der Waals surface area contributed by atoms with E-state index in [-0.39, 0.29) is 38.8 Å². The molecule has 0 aliphatic rings. The topological polar surface area (TPSA) is 23.5 Å². The summed E-state index contributed by atoms with van der Waals surface area (Å²) in [5, 5.41) is 9.74. The standard InChI is InChI=1S/C11H17NO.Y/c1-12(2)9-8-11(13)10-6-4-3-5-7-10;/h3-7,11,13H,8-9H2,1-2H3;/t11-;/m1./s1. The van der Waals surface area contributed by atoms with E-state index in [1.54, 1.807) is 0 Å². The molecule has 14 heavy (non-hydrogen) atoms. The minimum Gasteiger partial charge on any atom is -0.388 e. The molecule has 1 radical (unpaired) electrons. The summed E-state index contributed by atoms with van der Waals surface area (Å²) < 4.78 is 0. The smallest absolute Gasteiger partial charge is 0.0802 e. The molecule has 0 aromatic heterocycles. The zero-order valence-electron chi connectivity index (χ0n) is 8.85. The normalized spacial score (nSPS) is 12.3. The second-order valence-electron chi connectivity index (χ2n) is 3.52. The number of benzene rings is 1. The Labute approximate surface area is 111 Å². The van der Waals surface area contributed by atoms with E-state index in [9.17, 15) is 5.11 Å². The molecule has 0 spiro atoms. The van der Waals surface area contributed by atoms with Crippen molar-refractivity contribution in [2.24, 2.45) is 0 Å². The third-order valence-corrected chi connectivity index (χ3v) is 2.03. The summed E-state index contributed by atoms with van der Waals surface area (Å²) in [6, 6.07) is 9.78. The van der Waals surface area contributed by atoms with E-state index in [1.165, 1.54) is 0 Å². The van der Waals surface area contributed by atoms with Crippen molar-refractivity contribution in [3.8, 4) is 0 Å². The SMILES string of the molecule is CN(C)CC[C@@H](O)c1ccccc1.[Y]. The maximum absolute atomic E-state index is 9.74.